The van der Waals surface area contributed by atoms with Gasteiger partial charge in [-0.3, -0.25) is 0 Å². The van der Waals surface area contributed by atoms with E-state index in [1.54, 1.807) is 17.4 Å². The molecule has 8 aromatic carbocycles. The molecular weight excluding hydrogens is 869 g/mol. The van der Waals surface area contributed by atoms with E-state index in [9.17, 15) is 0 Å². The number of hydrogen-bond acceptors (Lipinski definition) is 3. The number of nitrogens with zero attached hydrogens (tertiary/aromatic N) is 4. The largest absolute Gasteiger partial charge is 0.309 e. The van der Waals surface area contributed by atoms with Gasteiger partial charge >= 0.3 is 0 Å². The summed E-state index contributed by atoms with van der Waals surface area (Å²) < 4.78 is 6.06. The Balaban J connectivity index is 0.000000719. The highest BCUT2D eigenvalue weighted by Gasteiger charge is 2.18. The number of pyridine rings is 2. The Morgan fingerprint density at radius 1 is 0.414 bits per heavy atom. The van der Waals surface area contributed by atoms with Crippen LogP contribution < -0.4 is 0 Å². The summed E-state index contributed by atoms with van der Waals surface area (Å²) in [5, 5.41) is 7.37. The lowest BCUT2D eigenvalue weighted by Gasteiger charge is -2.13. The predicted molar refractivity (Wildman–Crippen MR) is 302 cm³/mol. The Morgan fingerprint density at radius 2 is 0.886 bits per heavy atom. The minimum atomic E-state index is 0.944. The molecular formula is C65H50N4S. The molecule has 4 nitrogen and oxygen atoms in total. The van der Waals surface area contributed by atoms with Gasteiger partial charge in [0.1, 0.15) is 4.83 Å². The lowest BCUT2D eigenvalue weighted by molar-refractivity contribution is 1.16. The fourth-order valence-electron chi connectivity index (χ4n) is 9.73. The van der Waals surface area contributed by atoms with Crippen molar-refractivity contribution in [3.05, 3.63) is 243 Å². The van der Waals surface area contributed by atoms with Crippen molar-refractivity contribution in [2.45, 2.75) is 20.8 Å². The average molecular weight is 919 g/mol. The van der Waals surface area contributed by atoms with Gasteiger partial charge in [-0.15, -0.1) is 11.3 Å². The fraction of sp³-hybridized carbons (Fsp3) is 0.0462. The Hall–Kier alpha value is -8.64. The maximum absolute atomic E-state index is 5.18. The SMILES string of the molecule is C=C/C=C\C.CC.c1ccc(-c2cc(-n3c4ccccc4c4cc(-c5ccc6c(c5)c5ccccc5n6-c5ccc(-c6cnc7sc8ccccc8c7c6)cc5)ccc43)cc(-c3ccccc3)n2)cc1. The standard InChI is InChI=1S/C58H36N4S.C5H8.C2H6/c1-3-13-38(14-4-1)51-34-44(35-52(60-51)39-15-5-2-6-16-39)62-54-21-11-8-18-46(54)49-32-41(26-30-56(49)62)40-25-29-55-48(31-40)45-17-7-10-20-53(45)61(55)43-27-23-37(24-28-43)42-33-50-47-19-9-12-22-57(47)63-58(50)59-36-42;1-3-5-4-2;1-2/h1-36H;3-5H,1H2,2H3;1-2H3/b;5-4-;. The lowest BCUT2D eigenvalue weighted by Crippen LogP contribution is -1.98. The molecule has 5 heteroatoms. The predicted octanol–water partition coefficient (Wildman–Crippen LogP) is 18.5. The molecule has 13 aromatic rings. The number of thiophene rings is 1. The molecule has 0 aliphatic carbocycles. The zero-order valence-electron chi connectivity index (χ0n) is 39.4. The molecule has 0 N–H and O–H groups in total. The summed E-state index contributed by atoms with van der Waals surface area (Å²) in [6, 6.07) is 76.6. The molecule has 0 saturated carbocycles. The molecule has 0 aliphatic heterocycles. The van der Waals surface area contributed by atoms with Crippen LogP contribution in [0, 0.1) is 0 Å². The van der Waals surface area contributed by atoms with E-state index >= 15 is 0 Å². The Kier molecular flexibility index (Phi) is 12.0. The van der Waals surface area contributed by atoms with E-state index in [1.807, 2.05) is 39.1 Å². The Morgan fingerprint density at radius 3 is 1.43 bits per heavy atom. The molecule has 0 unspecified atom stereocenters. The van der Waals surface area contributed by atoms with Crippen molar-refractivity contribution in [1.29, 1.82) is 0 Å². The third-order valence-corrected chi connectivity index (χ3v) is 14.0. The van der Waals surface area contributed by atoms with E-state index in [0.29, 0.717) is 0 Å². The number of aromatic nitrogens is 4. The van der Waals surface area contributed by atoms with Crippen LogP contribution in [-0.4, -0.2) is 19.1 Å². The summed E-state index contributed by atoms with van der Waals surface area (Å²) in [5.74, 6) is 0. The van der Waals surface area contributed by atoms with E-state index in [2.05, 4.69) is 228 Å². The molecule has 0 fully saturated rings. The number of rotatable bonds is 7. The van der Waals surface area contributed by atoms with Crippen LogP contribution >= 0.6 is 11.3 Å². The molecule has 13 rings (SSSR count). The van der Waals surface area contributed by atoms with Crippen LogP contribution in [0.1, 0.15) is 20.8 Å². The first-order valence-corrected chi connectivity index (χ1v) is 24.8. The van der Waals surface area contributed by atoms with Crippen molar-refractivity contribution in [3.63, 3.8) is 0 Å². The summed E-state index contributed by atoms with van der Waals surface area (Å²) >= 11 is 1.75. The highest BCUT2D eigenvalue weighted by Crippen LogP contribution is 2.40. The van der Waals surface area contributed by atoms with Crippen LogP contribution in [-0.2, 0) is 0 Å². The van der Waals surface area contributed by atoms with Gasteiger partial charge in [-0.2, -0.15) is 0 Å². The molecule has 0 radical (unpaired) electrons. The molecule has 5 heterocycles. The van der Waals surface area contributed by atoms with Gasteiger partial charge < -0.3 is 9.13 Å². The van der Waals surface area contributed by atoms with Crippen LogP contribution in [0.3, 0.4) is 0 Å². The zero-order chi connectivity index (χ0) is 47.6. The number of hydrogen-bond donors (Lipinski definition) is 0. The van der Waals surface area contributed by atoms with Gasteiger partial charge in [0.05, 0.1) is 39.1 Å². The first kappa shape index (κ1) is 43.9. The topological polar surface area (TPSA) is 35.6 Å². The monoisotopic (exact) mass is 918 g/mol. The molecule has 0 bridgehead atoms. The van der Waals surface area contributed by atoms with Crippen LogP contribution in [0.4, 0.5) is 0 Å². The van der Waals surface area contributed by atoms with Crippen molar-refractivity contribution < 1.29 is 0 Å². The highest BCUT2D eigenvalue weighted by atomic mass is 32.1. The molecule has 0 amide bonds. The quantitative estimate of drug-likeness (QED) is 0.149. The van der Waals surface area contributed by atoms with E-state index < -0.39 is 0 Å². The Labute approximate surface area is 412 Å². The van der Waals surface area contributed by atoms with Gasteiger partial charge in [0.15, 0.2) is 0 Å². The summed E-state index contributed by atoms with van der Waals surface area (Å²) in [7, 11) is 0. The van der Waals surface area contributed by atoms with Crippen LogP contribution in [0.25, 0.3) is 120 Å². The molecule has 336 valence electrons. The molecule has 0 aliphatic rings. The normalized spacial score (nSPS) is 11.4. The summed E-state index contributed by atoms with van der Waals surface area (Å²) in [6.45, 7) is 9.42. The number of fused-ring (bicyclic) bond motifs is 9. The summed E-state index contributed by atoms with van der Waals surface area (Å²) in [6.07, 6.45) is 7.58. The van der Waals surface area contributed by atoms with Crippen LogP contribution in [0.5, 0.6) is 0 Å². The first-order chi connectivity index (χ1) is 34.6. The second kappa shape index (κ2) is 19.2. The highest BCUT2D eigenvalue weighted by molar-refractivity contribution is 7.25. The maximum atomic E-state index is 5.18. The van der Waals surface area contributed by atoms with Gasteiger partial charge in [-0.1, -0.05) is 178 Å². The number of benzene rings is 8. The maximum Gasteiger partial charge on any atom is 0.124 e. The lowest BCUT2D eigenvalue weighted by atomic mass is 10.0. The smallest absolute Gasteiger partial charge is 0.124 e. The van der Waals surface area contributed by atoms with E-state index in [4.69, 9.17) is 9.97 Å². The van der Waals surface area contributed by atoms with Crippen LogP contribution in [0.2, 0.25) is 0 Å². The van der Waals surface area contributed by atoms with Gasteiger partial charge in [-0.25, -0.2) is 9.97 Å². The van der Waals surface area contributed by atoms with Crippen molar-refractivity contribution in [2.75, 3.05) is 0 Å². The van der Waals surface area contributed by atoms with E-state index in [-0.39, 0.29) is 0 Å². The molecule has 0 saturated heterocycles. The van der Waals surface area contributed by atoms with Crippen molar-refractivity contribution in [2.24, 2.45) is 0 Å². The fourth-order valence-corrected chi connectivity index (χ4v) is 10.8. The first-order valence-electron chi connectivity index (χ1n) is 24.0. The second-order valence-corrected chi connectivity index (χ2v) is 18.0. The molecule has 70 heavy (non-hydrogen) atoms. The minimum Gasteiger partial charge on any atom is -0.309 e. The van der Waals surface area contributed by atoms with E-state index in [0.717, 1.165) is 60.9 Å². The molecule has 0 atom stereocenters. The number of para-hydroxylation sites is 2. The summed E-state index contributed by atoms with van der Waals surface area (Å²) in [4.78, 5) is 11.1. The van der Waals surface area contributed by atoms with Gasteiger partial charge in [-0.05, 0) is 96.4 Å². The Bertz CT molecular complexity index is 3980. The summed E-state index contributed by atoms with van der Waals surface area (Å²) in [5.41, 5.74) is 15.6. The average Bonchev–Trinajstić information content (AvgIpc) is 4.09. The third kappa shape index (κ3) is 7.96. The van der Waals surface area contributed by atoms with Gasteiger partial charge in [0, 0.05) is 65.6 Å². The van der Waals surface area contributed by atoms with Gasteiger partial charge in [0.25, 0.3) is 0 Å². The van der Waals surface area contributed by atoms with Crippen LogP contribution in [0.15, 0.2) is 243 Å². The second-order valence-electron chi connectivity index (χ2n) is 17.0. The van der Waals surface area contributed by atoms with E-state index in [1.165, 1.54) is 59.2 Å². The number of allylic oxidation sites excluding steroid dienone is 3. The van der Waals surface area contributed by atoms with Gasteiger partial charge in [0.2, 0.25) is 0 Å². The molecule has 5 aromatic heterocycles. The molecule has 0 spiro atoms. The van der Waals surface area contributed by atoms with Crippen molar-refractivity contribution in [3.8, 4) is 56.1 Å². The minimum absolute atomic E-state index is 0.944. The zero-order valence-corrected chi connectivity index (χ0v) is 40.2. The van der Waals surface area contributed by atoms with Crippen molar-refractivity contribution >= 4 is 75.3 Å². The van der Waals surface area contributed by atoms with Crippen molar-refractivity contribution in [1.82, 2.24) is 19.1 Å². The third-order valence-electron chi connectivity index (χ3n) is 12.9.